The SMILES string of the molecule is CC(C)(C)c1cc(-c2cccc(-c3cccc([Si](c4ccccc4)(c4ccccc4)c4ccccc4)c3)c2-[n+]2[c-]n(-c3cccc(Oc4ccc5c6ccccc6n(-c6cc(C(C)(C)C)ccn6)c5c4)c3)c3ccccc32)cc(C(C)(C)C)c1. The van der Waals surface area contributed by atoms with Gasteiger partial charge in [-0.1, -0.05) is 263 Å². The molecule has 0 amide bonds. The number of benzene rings is 10. The van der Waals surface area contributed by atoms with Crippen molar-refractivity contribution in [1.82, 2.24) is 14.1 Å². The maximum atomic E-state index is 6.92. The van der Waals surface area contributed by atoms with Crippen LogP contribution in [0.3, 0.4) is 0 Å². The molecule has 6 heteroatoms. The van der Waals surface area contributed by atoms with Crippen LogP contribution in [0.25, 0.3) is 72.3 Å². The van der Waals surface area contributed by atoms with Crippen molar-refractivity contribution in [3.05, 3.63) is 284 Å². The van der Waals surface area contributed by atoms with E-state index in [1.807, 2.05) is 12.3 Å². The number of pyridine rings is 1. The highest BCUT2D eigenvalue weighted by molar-refractivity contribution is 7.19. The molecule has 5 nitrogen and oxygen atoms in total. The normalized spacial score (nSPS) is 12.3. The minimum atomic E-state index is -2.90. The Kier molecular flexibility index (Phi) is 13.6. The van der Waals surface area contributed by atoms with Gasteiger partial charge in [0.15, 0.2) is 8.07 Å². The number of nitrogens with zero attached hydrogens (tertiary/aromatic N) is 4. The van der Waals surface area contributed by atoms with Crippen molar-refractivity contribution in [1.29, 1.82) is 0 Å². The molecule has 10 aromatic carbocycles. The Morgan fingerprint density at radius 3 is 1.58 bits per heavy atom. The lowest BCUT2D eigenvalue weighted by Crippen LogP contribution is -2.74. The third-order valence-corrected chi connectivity index (χ3v) is 21.6. The zero-order chi connectivity index (χ0) is 58.0. The first kappa shape index (κ1) is 53.9. The quantitative estimate of drug-likeness (QED) is 0.0560. The van der Waals surface area contributed by atoms with E-state index in [4.69, 9.17) is 9.72 Å². The molecule has 0 spiro atoms. The predicted octanol–water partition coefficient (Wildman–Crippen LogP) is 16.6. The molecule has 0 atom stereocenters. The molecule has 0 bridgehead atoms. The maximum absolute atomic E-state index is 6.92. The van der Waals surface area contributed by atoms with Gasteiger partial charge in [-0.25, -0.2) is 4.98 Å². The van der Waals surface area contributed by atoms with Gasteiger partial charge < -0.3 is 4.74 Å². The van der Waals surface area contributed by atoms with Crippen LogP contribution in [0.4, 0.5) is 0 Å². The van der Waals surface area contributed by atoms with Gasteiger partial charge >= 0.3 is 0 Å². The van der Waals surface area contributed by atoms with Crippen molar-refractivity contribution < 1.29 is 9.30 Å². The molecular weight excluding hydrogens is 1040 g/mol. The summed E-state index contributed by atoms with van der Waals surface area (Å²) in [5, 5.41) is 7.63. The van der Waals surface area contributed by atoms with Gasteiger partial charge in [-0.2, -0.15) is 0 Å². The van der Waals surface area contributed by atoms with E-state index in [0.717, 1.165) is 72.8 Å². The summed E-state index contributed by atoms with van der Waals surface area (Å²) in [5.41, 5.74) is 14.3. The fraction of sp³-hybridized carbons (Fsp3) is 0.154. The Morgan fingerprint density at radius 2 is 0.940 bits per heavy atom. The first-order valence-corrected chi connectivity index (χ1v) is 31.3. The highest BCUT2D eigenvalue weighted by Gasteiger charge is 2.41. The zero-order valence-corrected chi connectivity index (χ0v) is 50.5. The van der Waals surface area contributed by atoms with Gasteiger partial charge in [0.1, 0.15) is 17.3 Å². The van der Waals surface area contributed by atoms with E-state index in [9.17, 15) is 0 Å². The molecule has 0 fully saturated rings. The van der Waals surface area contributed by atoms with Gasteiger partial charge in [-0.05, 0) is 124 Å². The lowest BCUT2D eigenvalue weighted by atomic mass is 9.78. The predicted molar refractivity (Wildman–Crippen MR) is 353 cm³/mol. The summed E-state index contributed by atoms with van der Waals surface area (Å²) >= 11 is 0. The Balaban J connectivity index is 0.996. The van der Waals surface area contributed by atoms with Gasteiger partial charge in [-0.15, -0.1) is 0 Å². The van der Waals surface area contributed by atoms with E-state index in [-0.39, 0.29) is 16.2 Å². The molecule has 3 aromatic heterocycles. The minimum Gasteiger partial charge on any atom is -0.458 e. The van der Waals surface area contributed by atoms with Crippen molar-refractivity contribution in [2.75, 3.05) is 0 Å². The van der Waals surface area contributed by atoms with Crippen molar-refractivity contribution in [2.24, 2.45) is 0 Å². The molecule has 3 heterocycles. The molecule has 0 aliphatic rings. The lowest BCUT2D eigenvalue weighted by Gasteiger charge is -2.34. The number of rotatable bonds is 11. The van der Waals surface area contributed by atoms with Crippen molar-refractivity contribution in [2.45, 2.75) is 78.6 Å². The Hall–Kier alpha value is -9.36. The topological polar surface area (TPSA) is 35.9 Å². The van der Waals surface area contributed by atoms with E-state index in [0.29, 0.717) is 0 Å². The van der Waals surface area contributed by atoms with E-state index in [2.05, 4.69) is 331 Å². The Morgan fingerprint density at radius 1 is 0.405 bits per heavy atom. The number of ether oxygens (including phenoxy) is 1. The molecule has 0 aliphatic carbocycles. The largest absolute Gasteiger partial charge is 0.458 e. The summed E-state index contributed by atoms with van der Waals surface area (Å²) in [6.45, 7) is 20.6. The number of hydrogen-bond acceptors (Lipinski definition) is 2. The minimum absolute atomic E-state index is 0.0350. The summed E-state index contributed by atoms with van der Waals surface area (Å²) < 4.78 is 13.7. The van der Waals surface area contributed by atoms with Crippen LogP contribution in [0, 0.1) is 6.33 Å². The van der Waals surface area contributed by atoms with Gasteiger partial charge in [0, 0.05) is 23.0 Å². The third-order valence-electron chi connectivity index (χ3n) is 16.8. The second-order valence-corrected chi connectivity index (χ2v) is 29.3. The first-order valence-electron chi connectivity index (χ1n) is 29.3. The molecule has 0 radical (unpaired) electrons. The van der Waals surface area contributed by atoms with E-state index >= 15 is 0 Å². The van der Waals surface area contributed by atoms with Crippen molar-refractivity contribution in [3.8, 4) is 50.9 Å². The number of imidazole rings is 1. The van der Waals surface area contributed by atoms with E-state index < -0.39 is 8.07 Å². The first-order chi connectivity index (χ1) is 40.5. The summed E-state index contributed by atoms with van der Waals surface area (Å²) in [6.07, 6.45) is 5.93. The van der Waals surface area contributed by atoms with Crippen molar-refractivity contribution in [3.63, 3.8) is 0 Å². The maximum Gasteiger partial charge on any atom is 0.269 e. The van der Waals surface area contributed by atoms with Crippen LogP contribution in [-0.4, -0.2) is 22.2 Å². The van der Waals surface area contributed by atoms with Crippen LogP contribution in [0.2, 0.25) is 0 Å². The molecule has 0 aliphatic heterocycles. The molecule has 0 saturated heterocycles. The van der Waals surface area contributed by atoms with Crippen LogP contribution in [0.1, 0.15) is 79.0 Å². The van der Waals surface area contributed by atoms with Gasteiger partial charge in [0.2, 0.25) is 0 Å². The highest BCUT2D eigenvalue weighted by Crippen LogP contribution is 2.40. The van der Waals surface area contributed by atoms with Crippen LogP contribution < -0.4 is 30.1 Å². The van der Waals surface area contributed by atoms with Crippen LogP contribution in [0.5, 0.6) is 11.5 Å². The molecule has 412 valence electrons. The van der Waals surface area contributed by atoms with Gasteiger partial charge in [0.05, 0.1) is 33.4 Å². The fourth-order valence-corrected chi connectivity index (χ4v) is 17.2. The lowest BCUT2D eigenvalue weighted by molar-refractivity contribution is -0.571. The van der Waals surface area contributed by atoms with Crippen molar-refractivity contribution >= 4 is 61.7 Å². The third kappa shape index (κ3) is 9.74. The summed E-state index contributed by atoms with van der Waals surface area (Å²) in [7, 11) is -2.90. The Bertz CT molecular complexity index is 4450. The Labute approximate surface area is 495 Å². The van der Waals surface area contributed by atoms with Crippen LogP contribution in [-0.2, 0) is 16.2 Å². The number of para-hydroxylation sites is 4. The highest BCUT2D eigenvalue weighted by atomic mass is 28.3. The smallest absolute Gasteiger partial charge is 0.269 e. The standard InChI is InChI=1S/C78H70N4OSi/c1-76(2,3)56-44-45-79-74(50-56)82-70-39-20-19-36-68(70)69-43-42-61(52-73(69)82)83-60-28-24-27-59(51-60)80-53-81(72-41-22-21-40-71(72)80)75-66(37-25-38-67(75)55-46-57(77(4,5)6)49-58(47-55)78(7,8)9)54-26-23-35-65(48-54)84(62-29-13-10-14-30-62,63-31-15-11-16-32-63)64-33-17-12-18-34-64/h10-52H,1-9H3. The molecule has 0 N–H and O–H groups in total. The average molecular weight is 1110 g/mol. The molecule has 0 unspecified atom stereocenters. The summed E-state index contributed by atoms with van der Waals surface area (Å²) in [6, 6.07) is 93.5. The van der Waals surface area contributed by atoms with Crippen LogP contribution >= 0.6 is 0 Å². The summed E-state index contributed by atoms with van der Waals surface area (Å²) in [5.74, 6) is 2.33. The number of fused-ring (bicyclic) bond motifs is 4. The molecule has 0 saturated carbocycles. The monoisotopic (exact) mass is 1110 g/mol. The summed E-state index contributed by atoms with van der Waals surface area (Å²) in [4.78, 5) is 4.94. The van der Waals surface area contributed by atoms with E-state index in [1.54, 1.807) is 0 Å². The number of aromatic nitrogens is 4. The molecule has 84 heavy (non-hydrogen) atoms. The molecule has 13 aromatic rings. The molecular formula is C78H70N4OSi. The van der Waals surface area contributed by atoms with Gasteiger partial charge in [-0.3, -0.25) is 13.7 Å². The fourth-order valence-electron chi connectivity index (χ4n) is 12.4. The zero-order valence-electron chi connectivity index (χ0n) is 49.5. The van der Waals surface area contributed by atoms with Gasteiger partial charge in [0.25, 0.3) is 6.33 Å². The van der Waals surface area contributed by atoms with Crippen LogP contribution in [0.15, 0.2) is 261 Å². The average Bonchev–Trinajstić information content (AvgIpc) is 1.42. The number of hydrogen-bond donors (Lipinski definition) is 0. The second-order valence-electron chi connectivity index (χ2n) is 25.5. The van der Waals surface area contributed by atoms with E-state index in [1.165, 1.54) is 48.4 Å². The molecule has 13 rings (SSSR count). The second kappa shape index (κ2) is 21.1.